The molecule has 0 fully saturated rings. The summed E-state index contributed by atoms with van der Waals surface area (Å²) in [6.45, 7) is 3.66. The fraction of sp³-hybridized carbons (Fsp3) is 0.333. The van der Waals surface area contributed by atoms with Gasteiger partial charge in [0.1, 0.15) is 0 Å². The topological polar surface area (TPSA) is 46.2 Å². The Hall–Kier alpha value is -1.64. The summed E-state index contributed by atoms with van der Waals surface area (Å²) < 4.78 is 0. The number of hydrogen-bond acceptors (Lipinski definition) is 2. The first-order chi connectivity index (χ1) is 7.11. The second-order valence-corrected chi connectivity index (χ2v) is 3.66. The molecule has 3 nitrogen and oxygen atoms in total. The molecule has 80 valence electrons. The average molecular weight is 205 g/mol. The van der Waals surface area contributed by atoms with E-state index in [1.54, 1.807) is 38.1 Å². The normalized spacial score (nSPS) is 10.1. The van der Waals surface area contributed by atoms with Gasteiger partial charge in [0.15, 0.2) is 5.78 Å². The number of Topliss-reactive ketones (excluding diaryl/α,β-unsaturated/α-hetero) is 1. The molecule has 0 radical (unpaired) electrons. The van der Waals surface area contributed by atoms with Gasteiger partial charge in [-0.15, -0.1) is 0 Å². The molecule has 1 aromatic rings. The van der Waals surface area contributed by atoms with Gasteiger partial charge in [-0.3, -0.25) is 9.59 Å². The number of amides is 1. The lowest BCUT2D eigenvalue weighted by Crippen LogP contribution is -2.32. The zero-order valence-corrected chi connectivity index (χ0v) is 8.99. The second kappa shape index (κ2) is 5.29. The van der Waals surface area contributed by atoms with Crippen LogP contribution in [0.25, 0.3) is 0 Å². The third-order valence-corrected chi connectivity index (χ3v) is 2.04. The summed E-state index contributed by atoms with van der Waals surface area (Å²) in [5.41, 5.74) is 0.626. The van der Waals surface area contributed by atoms with Crippen molar-refractivity contribution < 1.29 is 9.59 Å². The van der Waals surface area contributed by atoms with E-state index < -0.39 is 0 Å². The van der Waals surface area contributed by atoms with Gasteiger partial charge in [-0.2, -0.15) is 0 Å². The predicted molar refractivity (Wildman–Crippen MR) is 58.6 cm³/mol. The lowest BCUT2D eigenvalue weighted by atomic mass is 10.1. The Morgan fingerprint density at radius 3 is 2.33 bits per heavy atom. The van der Waals surface area contributed by atoms with Crippen molar-refractivity contribution >= 4 is 11.7 Å². The minimum absolute atomic E-state index is 0.0652. The first-order valence-corrected chi connectivity index (χ1v) is 4.97. The summed E-state index contributed by atoms with van der Waals surface area (Å²) in [6, 6.07) is 8.94. The molecule has 0 aliphatic rings. The van der Waals surface area contributed by atoms with Crippen LogP contribution in [0.2, 0.25) is 0 Å². The van der Waals surface area contributed by atoms with Crippen LogP contribution < -0.4 is 5.32 Å². The van der Waals surface area contributed by atoms with Crippen LogP contribution in [0.5, 0.6) is 0 Å². The third-order valence-electron chi connectivity index (χ3n) is 2.04. The van der Waals surface area contributed by atoms with E-state index in [-0.39, 0.29) is 24.2 Å². The number of ketones is 1. The fourth-order valence-corrected chi connectivity index (χ4v) is 1.10. The van der Waals surface area contributed by atoms with Gasteiger partial charge in [-0.1, -0.05) is 44.2 Å². The van der Waals surface area contributed by atoms with E-state index in [0.29, 0.717) is 5.56 Å². The molecule has 1 aromatic carbocycles. The Bertz CT molecular complexity index is 344. The monoisotopic (exact) mass is 205 g/mol. The highest BCUT2D eigenvalue weighted by Gasteiger charge is 2.09. The van der Waals surface area contributed by atoms with Gasteiger partial charge < -0.3 is 5.32 Å². The van der Waals surface area contributed by atoms with Gasteiger partial charge in [0.2, 0.25) is 5.91 Å². The molecule has 0 atom stereocenters. The van der Waals surface area contributed by atoms with Crippen molar-refractivity contribution in [3.05, 3.63) is 35.9 Å². The Morgan fingerprint density at radius 1 is 1.20 bits per heavy atom. The third kappa shape index (κ3) is 3.54. The van der Waals surface area contributed by atoms with E-state index in [9.17, 15) is 9.59 Å². The minimum atomic E-state index is -0.0979. The Morgan fingerprint density at radius 2 is 1.80 bits per heavy atom. The maximum atomic E-state index is 11.6. The van der Waals surface area contributed by atoms with Crippen molar-refractivity contribution in [2.45, 2.75) is 13.8 Å². The van der Waals surface area contributed by atoms with Gasteiger partial charge in [-0.25, -0.2) is 0 Å². The van der Waals surface area contributed by atoms with Crippen LogP contribution in [0.4, 0.5) is 0 Å². The number of carbonyl (C=O) groups excluding carboxylic acids is 2. The highest BCUT2D eigenvalue weighted by Crippen LogP contribution is 1.99. The summed E-state index contributed by atoms with van der Waals surface area (Å²) in [4.78, 5) is 22.8. The number of nitrogens with one attached hydrogen (secondary N) is 1. The number of carbonyl (C=O) groups is 2. The molecule has 0 spiro atoms. The smallest absolute Gasteiger partial charge is 0.222 e. The molecular weight excluding hydrogens is 190 g/mol. The van der Waals surface area contributed by atoms with E-state index >= 15 is 0 Å². The van der Waals surface area contributed by atoms with Crippen molar-refractivity contribution in [1.82, 2.24) is 5.32 Å². The zero-order valence-electron chi connectivity index (χ0n) is 8.99. The van der Waals surface area contributed by atoms with Crippen molar-refractivity contribution in [1.29, 1.82) is 0 Å². The largest absolute Gasteiger partial charge is 0.348 e. The number of benzene rings is 1. The lowest BCUT2D eigenvalue weighted by molar-refractivity contribution is -0.123. The maximum Gasteiger partial charge on any atom is 0.222 e. The summed E-state index contributed by atoms with van der Waals surface area (Å²) in [5.74, 6) is -0.252. The quantitative estimate of drug-likeness (QED) is 0.759. The van der Waals surface area contributed by atoms with Crippen molar-refractivity contribution in [3.8, 4) is 0 Å². The number of hydrogen-bond donors (Lipinski definition) is 1. The highest BCUT2D eigenvalue weighted by molar-refractivity contribution is 5.99. The molecular formula is C12H15NO2. The average Bonchev–Trinajstić information content (AvgIpc) is 2.26. The first kappa shape index (κ1) is 11.4. The molecule has 0 saturated carbocycles. The molecule has 1 rings (SSSR count). The SMILES string of the molecule is CC(C)C(=O)NCC(=O)c1ccccc1. The minimum Gasteiger partial charge on any atom is -0.348 e. The van der Waals surface area contributed by atoms with Crippen molar-refractivity contribution in [2.24, 2.45) is 5.92 Å². The van der Waals surface area contributed by atoms with E-state index in [2.05, 4.69) is 5.32 Å². The molecule has 1 N–H and O–H groups in total. The molecule has 3 heteroatoms. The zero-order chi connectivity index (χ0) is 11.3. The second-order valence-electron chi connectivity index (χ2n) is 3.66. The Kier molecular flexibility index (Phi) is 4.03. The summed E-state index contributed by atoms with van der Waals surface area (Å²) in [7, 11) is 0. The van der Waals surface area contributed by atoms with Crippen LogP contribution in [-0.2, 0) is 4.79 Å². The molecule has 0 heterocycles. The van der Waals surface area contributed by atoms with Crippen LogP contribution in [0.15, 0.2) is 30.3 Å². The summed E-state index contributed by atoms with van der Waals surface area (Å²) in [6.07, 6.45) is 0. The fourth-order valence-electron chi connectivity index (χ4n) is 1.10. The van der Waals surface area contributed by atoms with Gasteiger partial charge >= 0.3 is 0 Å². The number of rotatable bonds is 4. The molecule has 0 saturated heterocycles. The van der Waals surface area contributed by atoms with Gasteiger partial charge in [-0.05, 0) is 0 Å². The Labute approximate surface area is 89.5 Å². The summed E-state index contributed by atoms with van der Waals surface area (Å²) in [5, 5.41) is 2.59. The van der Waals surface area contributed by atoms with Gasteiger partial charge in [0.05, 0.1) is 6.54 Å². The van der Waals surface area contributed by atoms with Gasteiger partial charge in [0.25, 0.3) is 0 Å². The van der Waals surface area contributed by atoms with E-state index in [0.717, 1.165) is 0 Å². The predicted octanol–water partition coefficient (Wildman–Crippen LogP) is 1.64. The Balaban J connectivity index is 2.48. The molecule has 1 amide bonds. The van der Waals surface area contributed by atoms with Crippen LogP contribution in [0, 0.1) is 5.92 Å². The van der Waals surface area contributed by atoms with Crippen LogP contribution in [0.3, 0.4) is 0 Å². The van der Waals surface area contributed by atoms with Crippen LogP contribution in [-0.4, -0.2) is 18.2 Å². The first-order valence-electron chi connectivity index (χ1n) is 4.97. The molecule has 0 aromatic heterocycles. The van der Waals surface area contributed by atoms with E-state index in [1.165, 1.54) is 0 Å². The van der Waals surface area contributed by atoms with Crippen LogP contribution >= 0.6 is 0 Å². The highest BCUT2D eigenvalue weighted by atomic mass is 16.2. The van der Waals surface area contributed by atoms with E-state index in [1.807, 2.05) is 6.07 Å². The van der Waals surface area contributed by atoms with Crippen molar-refractivity contribution in [3.63, 3.8) is 0 Å². The molecule has 0 aliphatic carbocycles. The lowest BCUT2D eigenvalue weighted by Gasteiger charge is -2.06. The van der Waals surface area contributed by atoms with E-state index in [4.69, 9.17) is 0 Å². The van der Waals surface area contributed by atoms with Gasteiger partial charge in [0, 0.05) is 11.5 Å². The van der Waals surface area contributed by atoms with Crippen LogP contribution in [0.1, 0.15) is 24.2 Å². The standard InChI is InChI=1S/C12H15NO2/c1-9(2)12(15)13-8-11(14)10-6-4-3-5-7-10/h3-7,9H,8H2,1-2H3,(H,13,15). The maximum absolute atomic E-state index is 11.6. The summed E-state index contributed by atoms with van der Waals surface area (Å²) >= 11 is 0. The molecule has 0 bridgehead atoms. The molecule has 0 aliphatic heterocycles. The molecule has 15 heavy (non-hydrogen) atoms. The molecule has 0 unspecified atom stereocenters. The van der Waals surface area contributed by atoms with Crippen molar-refractivity contribution in [2.75, 3.05) is 6.54 Å².